The van der Waals surface area contributed by atoms with E-state index in [4.69, 9.17) is 4.74 Å². The van der Waals surface area contributed by atoms with E-state index in [-0.39, 0.29) is 37.5 Å². The molecule has 3 nitrogen and oxygen atoms in total. The van der Waals surface area contributed by atoms with Crippen molar-refractivity contribution < 1.29 is 45.4 Å². The molecule has 1 saturated heterocycles. The summed E-state index contributed by atoms with van der Waals surface area (Å²) < 4.78 is 99.4. The van der Waals surface area contributed by atoms with Gasteiger partial charge in [0.1, 0.15) is 5.82 Å². The molecule has 1 aliphatic carbocycles. The van der Waals surface area contributed by atoms with Gasteiger partial charge in [-0.3, -0.25) is 4.79 Å². The van der Waals surface area contributed by atoms with Crippen molar-refractivity contribution >= 4 is 5.97 Å². The SMILES string of the molecule is O=C(O)[C@H]1CC[C@@]2(C[C@@H](c3ccc(C(F)(F)F)cc3C(F)(F)F)CO2)[C@@H]1c1ccc(F)cc1. The zero-order valence-corrected chi connectivity index (χ0v) is 17.0. The van der Waals surface area contributed by atoms with Gasteiger partial charge in [0, 0.05) is 11.8 Å². The number of halogens is 7. The van der Waals surface area contributed by atoms with Gasteiger partial charge in [0.05, 0.1) is 29.3 Å². The number of hydrogen-bond acceptors (Lipinski definition) is 2. The van der Waals surface area contributed by atoms with E-state index < -0.39 is 58.6 Å². The normalized spacial score (nSPS) is 27.9. The lowest BCUT2D eigenvalue weighted by Gasteiger charge is -2.33. The Hall–Kier alpha value is -2.62. The first-order valence-electron chi connectivity index (χ1n) is 10.2. The highest BCUT2D eigenvalue weighted by molar-refractivity contribution is 5.72. The lowest BCUT2D eigenvalue weighted by Crippen LogP contribution is -2.35. The Kier molecular flexibility index (Phi) is 5.71. The molecule has 4 atom stereocenters. The molecule has 2 aliphatic rings. The highest BCUT2D eigenvalue weighted by atomic mass is 19.4. The van der Waals surface area contributed by atoms with E-state index in [9.17, 15) is 40.6 Å². The van der Waals surface area contributed by atoms with E-state index in [1.807, 2.05) is 0 Å². The molecule has 1 saturated carbocycles. The molecule has 1 heterocycles. The van der Waals surface area contributed by atoms with Crippen LogP contribution in [0, 0.1) is 11.7 Å². The standard InChI is InChI=1S/C23H19F7O3/c24-15-4-1-12(2-5-15)19-17(20(31)32)7-8-21(19)10-13(11-33-21)16-6-3-14(22(25,26)27)9-18(16)23(28,29)30/h1-6,9,13,17,19H,7-8,10-11H2,(H,31,32)/t13-,17+,19-,21-/m1/s1. The number of benzene rings is 2. The second-order valence-electron chi connectivity index (χ2n) is 8.59. The average Bonchev–Trinajstić information content (AvgIpc) is 3.31. The highest BCUT2D eigenvalue weighted by Crippen LogP contribution is 2.57. The highest BCUT2D eigenvalue weighted by Gasteiger charge is 2.57. The summed E-state index contributed by atoms with van der Waals surface area (Å²) in [7, 11) is 0. The van der Waals surface area contributed by atoms with Gasteiger partial charge in [-0.15, -0.1) is 0 Å². The summed E-state index contributed by atoms with van der Waals surface area (Å²) in [4.78, 5) is 11.9. The maximum absolute atomic E-state index is 13.7. The first kappa shape index (κ1) is 23.5. The smallest absolute Gasteiger partial charge is 0.416 e. The molecule has 1 spiro atoms. The van der Waals surface area contributed by atoms with Gasteiger partial charge in [-0.2, -0.15) is 26.3 Å². The maximum atomic E-state index is 13.7. The summed E-state index contributed by atoms with van der Waals surface area (Å²) >= 11 is 0. The van der Waals surface area contributed by atoms with E-state index in [2.05, 4.69) is 0 Å². The Balaban J connectivity index is 1.72. The number of rotatable bonds is 3. The van der Waals surface area contributed by atoms with Crippen LogP contribution in [0.4, 0.5) is 30.7 Å². The zero-order valence-electron chi connectivity index (χ0n) is 17.0. The third-order valence-electron chi connectivity index (χ3n) is 6.68. The van der Waals surface area contributed by atoms with E-state index >= 15 is 0 Å². The number of ether oxygens (including phenoxy) is 1. The summed E-state index contributed by atoms with van der Waals surface area (Å²) in [5.74, 6) is -4.12. The van der Waals surface area contributed by atoms with Gasteiger partial charge >= 0.3 is 18.3 Å². The number of aliphatic carboxylic acids is 1. The monoisotopic (exact) mass is 476 g/mol. The van der Waals surface area contributed by atoms with Crippen molar-refractivity contribution in [2.75, 3.05) is 6.61 Å². The summed E-state index contributed by atoms with van der Waals surface area (Å²) in [6.45, 7) is -0.196. The minimum absolute atomic E-state index is 0.00721. The molecule has 178 valence electrons. The first-order valence-corrected chi connectivity index (χ1v) is 10.2. The van der Waals surface area contributed by atoms with Gasteiger partial charge in [-0.1, -0.05) is 18.2 Å². The van der Waals surface area contributed by atoms with Crippen LogP contribution >= 0.6 is 0 Å². The Morgan fingerprint density at radius 1 is 1.00 bits per heavy atom. The van der Waals surface area contributed by atoms with Gasteiger partial charge in [-0.25, -0.2) is 4.39 Å². The number of carboxylic acid groups (broad SMARTS) is 1. The van der Waals surface area contributed by atoms with Crippen LogP contribution in [0.1, 0.15) is 53.4 Å². The average molecular weight is 476 g/mol. The molecule has 2 aromatic rings. The van der Waals surface area contributed by atoms with Crippen molar-refractivity contribution in [1.29, 1.82) is 0 Å². The molecule has 2 fully saturated rings. The van der Waals surface area contributed by atoms with Crippen LogP contribution in [0.25, 0.3) is 0 Å². The first-order chi connectivity index (χ1) is 15.3. The van der Waals surface area contributed by atoms with Crippen LogP contribution in [0.3, 0.4) is 0 Å². The largest absolute Gasteiger partial charge is 0.481 e. The molecule has 2 aromatic carbocycles. The lowest BCUT2D eigenvalue weighted by molar-refractivity contribution is -0.144. The van der Waals surface area contributed by atoms with Gasteiger partial charge < -0.3 is 9.84 Å². The fraction of sp³-hybridized carbons (Fsp3) is 0.435. The van der Waals surface area contributed by atoms with Crippen molar-refractivity contribution in [2.45, 2.75) is 49.1 Å². The van der Waals surface area contributed by atoms with E-state index in [1.54, 1.807) is 0 Å². The third-order valence-corrected chi connectivity index (χ3v) is 6.68. The van der Waals surface area contributed by atoms with E-state index in [0.717, 1.165) is 6.07 Å². The van der Waals surface area contributed by atoms with Gasteiger partial charge in [0.15, 0.2) is 0 Å². The minimum Gasteiger partial charge on any atom is -0.481 e. The second kappa shape index (κ2) is 8.00. The third kappa shape index (κ3) is 4.32. The quantitative estimate of drug-likeness (QED) is 0.523. The molecular weight excluding hydrogens is 457 g/mol. The van der Waals surface area contributed by atoms with E-state index in [1.165, 1.54) is 24.3 Å². The topological polar surface area (TPSA) is 46.5 Å². The Labute approximate surface area is 184 Å². The van der Waals surface area contributed by atoms with Crippen LogP contribution in [0.15, 0.2) is 42.5 Å². The summed E-state index contributed by atoms with van der Waals surface area (Å²) in [5.41, 5.74) is -3.72. The Bertz CT molecular complexity index is 1050. The number of carbonyl (C=O) groups is 1. The predicted molar refractivity (Wildman–Crippen MR) is 102 cm³/mol. The van der Waals surface area contributed by atoms with Crippen molar-refractivity contribution in [3.8, 4) is 0 Å². The predicted octanol–water partition coefficient (Wildman–Crippen LogP) is 6.38. The summed E-state index contributed by atoms with van der Waals surface area (Å²) in [5, 5.41) is 9.70. The maximum Gasteiger partial charge on any atom is 0.416 e. The van der Waals surface area contributed by atoms with Gasteiger partial charge in [-0.05, 0) is 54.7 Å². The molecule has 10 heteroatoms. The molecule has 1 aliphatic heterocycles. The molecule has 33 heavy (non-hydrogen) atoms. The lowest BCUT2D eigenvalue weighted by atomic mass is 9.76. The fourth-order valence-electron chi connectivity index (χ4n) is 5.29. The second-order valence-corrected chi connectivity index (χ2v) is 8.59. The van der Waals surface area contributed by atoms with Gasteiger partial charge in [0.2, 0.25) is 0 Å². The summed E-state index contributed by atoms with van der Waals surface area (Å²) in [6.07, 6.45) is -9.47. The van der Waals surface area contributed by atoms with Crippen LogP contribution in [-0.2, 0) is 21.9 Å². The van der Waals surface area contributed by atoms with Crippen molar-refractivity contribution in [3.05, 3.63) is 70.5 Å². The van der Waals surface area contributed by atoms with E-state index in [0.29, 0.717) is 11.6 Å². The molecule has 1 N–H and O–H groups in total. The van der Waals surface area contributed by atoms with Crippen molar-refractivity contribution in [2.24, 2.45) is 5.92 Å². The molecule has 0 amide bonds. The van der Waals surface area contributed by atoms with Gasteiger partial charge in [0.25, 0.3) is 0 Å². The van der Waals surface area contributed by atoms with Crippen molar-refractivity contribution in [1.82, 2.24) is 0 Å². The molecular formula is C23H19F7O3. The number of carboxylic acids is 1. The van der Waals surface area contributed by atoms with Crippen LogP contribution < -0.4 is 0 Å². The van der Waals surface area contributed by atoms with Crippen molar-refractivity contribution in [3.63, 3.8) is 0 Å². The fourth-order valence-corrected chi connectivity index (χ4v) is 5.29. The minimum atomic E-state index is -5.01. The Morgan fingerprint density at radius 3 is 2.24 bits per heavy atom. The number of alkyl halides is 6. The Morgan fingerprint density at radius 2 is 1.67 bits per heavy atom. The zero-order chi connectivity index (χ0) is 24.2. The molecule has 0 bridgehead atoms. The molecule has 0 aromatic heterocycles. The summed E-state index contributed by atoms with van der Waals surface area (Å²) in [6, 6.07) is 6.75. The number of hydrogen-bond donors (Lipinski definition) is 1. The molecule has 4 rings (SSSR count). The molecule has 0 unspecified atom stereocenters. The van der Waals surface area contributed by atoms with Crippen LogP contribution in [0.5, 0.6) is 0 Å². The van der Waals surface area contributed by atoms with Crippen LogP contribution in [0.2, 0.25) is 0 Å². The van der Waals surface area contributed by atoms with Crippen LogP contribution in [-0.4, -0.2) is 23.3 Å². The molecule has 0 radical (unpaired) electrons.